The summed E-state index contributed by atoms with van der Waals surface area (Å²) in [5, 5.41) is 2.91. The lowest BCUT2D eigenvalue weighted by molar-refractivity contribution is -0.123. The molecule has 1 aliphatic heterocycles. The molecule has 2 rings (SSSR count). The maximum atomic E-state index is 11.8. The molecule has 0 radical (unpaired) electrons. The first kappa shape index (κ1) is 14.3. The van der Waals surface area contributed by atoms with Gasteiger partial charge in [0, 0.05) is 23.2 Å². The zero-order valence-corrected chi connectivity index (χ0v) is 12.5. The SMILES string of the molecule is COc1ccc(Br)cc1CNC(=O)C[C@H]1CCCO1. The van der Waals surface area contributed by atoms with Crippen LogP contribution in [0.15, 0.2) is 22.7 Å². The first-order valence-corrected chi connectivity index (χ1v) is 7.19. The molecule has 1 aromatic rings. The molecular formula is C14H18BrNO3. The zero-order valence-electron chi connectivity index (χ0n) is 10.9. The van der Waals surface area contributed by atoms with Crippen molar-refractivity contribution in [1.29, 1.82) is 0 Å². The average Bonchev–Trinajstić information content (AvgIpc) is 2.89. The standard InChI is InChI=1S/C14H18BrNO3/c1-18-13-5-4-11(15)7-10(13)9-16-14(17)8-12-3-2-6-19-12/h4-5,7,12H,2-3,6,8-9H2,1H3,(H,16,17)/t12-/m1/s1. The van der Waals surface area contributed by atoms with Crippen LogP contribution in [-0.2, 0) is 16.1 Å². The van der Waals surface area contributed by atoms with Gasteiger partial charge in [-0.05, 0) is 31.0 Å². The van der Waals surface area contributed by atoms with Crippen molar-refractivity contribution < 1.29 is 14.3 Å². The molecule has 0 bridgehead atoms. The van der Waals surface area contributed by atoms with Crippen molar-refractivity contribution in [1.82, 2.24) is 5.32 Å². The maximum Gasteiger partial charge on any atom is 0.222 e. The van der Waals surface area contributed by atoms with Gasteiger partial charge in [-0.1, -0.05) is 15.9 Å². The van der Waals surface area contributed by atoms with Crippen molar-refractivity contribution in [2.75, 3.05) is 13.7 Å². The Balaban J connectivity index is 1.87. The van der Waals surface area contributed by atoms with Crippen molar-refractivity contribution in [3.05, 3.63) is 28.2 Å². The summed E-state index contributed by atoms with van der Waals surface area (Å²) in [6, 6.07) is 5.74. The Bertz CT molecular complexity index is 444. The number of amides is 1. The third-order valence-electron chi connectivity index (χ3n) is 3.16. The lowest BCUT2D eigenvalue weighted by Gasteiger charge is -2.12. The molecule has 1 N–H and O–H groups in total. The second-order valence-corrected chi connectivity index (χ2v) is 5.49. The van der Waals surface area contributed by atoms with Crippen LogP contribution < -0.4 is 10.1 Å². The van der Waals surface area contributed by atoms with Crippen LogP contribution in [0, 0.1) is 0 Å². The molecular weight excluding hydrogens is 310 g/mol. The molecule has 104 valence electrons. The Hall–Kier alpha value is -1.07. The molecule has 1 atom stereocenters. The van der Waals surface area contributed by atoms with Gasteiger partial charge >= 0.3 is 0 Å². The molecule has 0 aliphatic carbocycles. The highest BCUT2D eigenvalue weighted by atomic mass is 79.9. The van der Waals surface area contributed by atoms with E-state index < -0.39 is 0 Å². The molecule has 1 aliphatic rings. The fraction of sp³-hybridized carbons (Fsp3) is 0.500. The highest BCUT2D eigenvalue weighted by Gasteiger charge is 2.19. The van der Waals surface area contributed by atoms with Crippen molar-refractivity contribution in [3.8, 4) is 5.75 Å². The van der Waals surface area contributed by atoms with Gasteiger partial charge in [0.1, 0.15) is 5.75 Å². The van der Waals surface area contributed by atoms with Gasteiger partial charge in [-0.2, -0.15) is 0 Å². The predicted octanol–water partition coefficient (Wildman–Crippen LogP) is 2.64. The topological polar surface area (TPSA) is 47.6 Å². The van der Waals surface area contributed by atoms with Crippen LogP contribution in [0.4, 0.5) is 0 Å². The minimum Gasteiger partial charge on any atom is -0.496 e. The molecule has 5 heteroatoms. The first-order valence-electron chi connectivity index (χ1n) is 6.40. The van der Waals surface area contributed by atoms with Crippen molar-refractivity contribution in [2.24, 2.45) is 0 Å². The van der Waals surface area contributed by atoms with Gasteiger partial charge in [-0.15, -0.1) is 0 Å². The summed E-state index contributed by atoms with van der Waals surface area (Å²) in [5.74, 6) is 0.801. The summed E-state index contributed by atoms with van der Waals surface area (Å²) in [6.07, 6.45) is 2.56. The number of hydrogen-bond acceptors (Lipinski definition) is 3. The molecule has 0 aromatic heterocycles. The Morgan fingerprint density at radius 1 is 1.58 bits per heavy atom. The third-order valence-corrected chi connectivity index (χ3v) is 3.65. The number of methoxy groups -OCH3 is 1. The van der Waals surface area contributed by atoms with Crippen LogP contribution in [0.2, 0.25) is 0 Å². The second-order valence-electron chi connectivity index (χ2n) is 4.57. The number of halogens is 1. The smallest absolute Gasteiger partial charge is 0.222 e. The predicted molar refractivity (Wildman–Crippen MR) is 76.1 cm³/mol. The van der Waals surface area contributed by atoms with E-state index in [0.29, 0.717) is 13.0 Å². The van der Waals surface area contributed by atoms with Gasteiger partial charge < -0.3 is 14.8 Å². The molecule has 1 aromatic carbocycles. The largest absolute Gasteiger partial charge is 0.496 e. The molecule has 1 saturated heterocycles. The molecule has 4 nitrogen and oxygen atoms in total. The van der Waals surface area contributed by atoms with E-state index in [9.17, 15) is 4.79 Å². The second kappa shape index (κ2) is 6.91. The van der Waals surface area contributed by atoms with Gasteiger partial charge in [-0.25, -0.2) is 0 Å². The molecule has 19 heavy (non-hydrogen) atoms. The summed E-state index contributed by atoms with van der Waals surface area (Å²) in [7, 11) is 1.63. The van der Waals surface area contributed by atoms with Gasteiger partial charge in [0.05, 0.1) is 19.6 Å². The van der Waals surface area contributed by atoms with E-state index in [4.69, 9.17) is 9.47 Å². The Kier molecular flexibility index (Phi) is 5.22. The Morgan fingerprint density at radius 3 is 3.11 bits per heavy atom. The fourth-order valence-electron chi connectivity index (χ4n) is 2.16. The maximum absolute atomic E-state index is 11.8. The zero-order chi connectivity index (χ0) is 13.7. The van der Waals surface area contributed by atoms with E-state index in [1.54, 1.807) is 7.11 Å². The van der Waals surface area contributed by atoms with Crippen LogP contribution in [0.1, 0.15) is 24.8 Å². The lowest BCUT2D eigenvalue weighted by atomic mass is 10.1. The molecule has 1 heterocycles. The number of ether oxygens (including phenoxy) is 2. The van der Waals surface area contributed by atoms with Crippen LogP contribution >= 0.6 is 15.9 Å². The summed E-state index contributed by atoms with van der Waals surface area (Å²) in [5.41, 5.74) is 0.956. The van der Waals surface area contributed by atoms with E-state index >= 15 is 0 Å². The minimum atomic E-state index is 0.0222. The normalized spacial score (nSPS) is 18.3. The minimum absolute atomic E-state index is 0.0222. The van der Waals surface area contributed by atoms with Crippen LogP contribution in [-0.4, -0.2) is 25.7 Å². The molecule has 1 amide bonds. The van der Waals surface area contributed by atoms with E-state index in [-0.39, 0.29) is 12.0 Å². The molecule has 0 saturated carbocycles. The summed E-state index contributed by atoms with van der Waals surface area (Å²) < 4.78 is 11.7. The van der Waals surface area contributed by atoms with Crippen LogP contribution in [0.25, 0.3) is 0 Å². The van der Waals surface area contributed by atoms with E-state index in [0.717, 1.165) is 35.2 Å². The van der Waals surface area contributed by atoms with Crippen LogP contribution in [0.3, 0.4) is 0 Å². The van der Waals surface area contributed by atoms with Crippen molar-refractivity contribution in [3.63, 3.8) is 0 Å². The summed E-state index contributed by atoms with van der Waals surface area (Å²) in [6.45, 7) is 1.24. The number of benzene rings is 1. The fourth-order valence-corrected chi connectivity index (χ4v) is 2.57. The van der Waals surface area contributed by atoms with E-state index in [1.807, 2.05) is 18.2 Å². The number of nitrogens with one attached hydrogen (secondary N) is 1. The van der Waals surface area contributed by atoms with E-state index in [2.05, 4.69) is 21.2 Å². The quantitative estimate of drug-likeness (QED) is 0.904. The summed E-state index contributed by atoms with van der Waals surface area (Å²) in [4.78, 5) is 11.8. The third kappa shape index (κ3) is 4.21. The Labute approximate surface area is 121 Å². The highest BCUT2D eigenvalue weighted by Crippen LogP contribution is 2.23. The van der Waals surface area contributed by atoms with Gasteiger partial charge in [0.15, 0.2) is 0 Å². The molecule has 0 spiro atoms. The molecule has 0 unspecified atom stereocenters. The van der Waals surface area contributed by atoms with Crippen LogP contribution in [0.5, 0.6) is 5.75 Å². The highest BCUT2D eigenvalue weighted by molar-refractivity contribution is 9.10. The van der Waals surface area contributed by atoms with E-state index in [1.165, 1.54) is 0 Å². The Morgan fingerprint density at radius 2 is 2.42 bits per heavy atom. The lowest BCUT2D eigenvalue weighted by Crippen LogP contribution is -2.26. The number of carbonyl (C=O) groups excluding carboxylic acids is 1. The summed E-state index contributed by atoms with van der Waals surface area (Å²) >= 11 is 3.42. The monoisotopic (exact) mass is 327 g/mol. The van der Waals surface area contributed by atoms with Crippen molar-refractivity contribution >= 4 is 21.8 Å². The molecule has 1 fully saturated rings. The first-order chi connectivity index (χ1) is 9.19. The number of rotatable bonds is 5. The van der Waals surface area contributed by atoms with Gasteiger partial charge in [0.2, 0.25) is 5.91 Å². The van der Waals surface area contributed by atoms with Gasteiger partial charge in [0.25, 0.3) is 0 Å². The number of carbonyl (C=O) groups is 1. The average molecular weight is 328 g/mol. The number of hydrogen-bond donors (Lipinski definition) is 1. The van der Waals surface area contributed by atoms with Crippen molar-refractivity contribution in [2.45, 2.75) is 31.9 Å². The van der Waals surface area contributed by atoms with Gasteiger partial charge in [-0.3, -0.25) is 4.79 Å².